The van der Waals surface area contributed by atoms with Gasteiger partial charge in [0.15, 0.2) is 0 Å². The molecule has 0 fully saturated rings. The van der Waals surface area contributed by atoms with Crippen LogP contribution in [0.25, 0.3) is 0 Å². The van der Waals surface area contributed by atoms with Crippen LogP contribution in [-0.4, -0.2) is 12.3 Å². The summed E-state index contributed by atoms with van der Waals surface area (Å²) in [7, 11) is 0. The molecule has 0 aliphatic carbocycles. The van der Waals surface area contributed by atoms with E-state index in [4.69, 9.17) is 15.7 Å². The average Bonchev–Trinajstić information content (AvgIpc) is 2.04. The van der Waals surface area contributed by atoms with E-state index in [2.05, 4.69) is 0 Å². The molecular formula is C8H11N2O2S+. The lowest BCUT2D eigenvalue weighted by Crippen LogP contribution is -2.18. The predicted molar refractivity (Wildman–Crippen MR) is 53.1 cm³/mol. The van der Waals surface area contributed by atoms with Gasteiger partial charge < -0.3 is 11.5 Å². The Bertz CT molecular complexity index is 300. The van der Waals surface area contributed by atoms with Crippen molar-refractivity contribution in [2.24, 2.45) is 5.73 Å². The third-order valence-corrected chi connectivity index (χ3v) is 2.77. The van der Waals surface area contributed by atoms with E-state index in [-0.39, 0.29) is 0 Å². The van der Waals surface area contributed by atoms with Crippen LogP contribution in [0.1, 0.15) is 0 Å². The van der Waals surface area contributed by atoms with Gasteiger partial charge >= 0.3 is 6.09 Å². The van der Waals surface area contributed by atoms with Crippen molar-refractivity contribution in [2.45, 2.75) is 4.90 Å². The van der Waals surface area contributed by atoms with Crippen molar-refractivity contribution >= 4 is 23.0 Å². The number of hydrogen-bond acceptors (Lipinski definition) is 3. The van der Waals surface area contributed by atoms with E-state index in [9.17, 15) is 4.79 Å². The Morgan fingerprint density at radius 1 is 1.38 bits per heavy atom. The van der Waals surface area contributed by atoms with Gasteiger partial charge in [0.25, 0.3) is 0 Å². The molecule has 13 heavy (non-hydrogen) atoms. The van der Waals surface area contributed by atoms with E-state index in [0.29, 0.717) is 5.69 Å². The highest BCUT2D eigenvalue weighted by molar-refractivity contribution is 7.92. The van der Waals surface area contributed by atoms with Crippen LogP contribution in [-0.2, 0) is 15.4 Å². The standard InChI is InChI=1S/C8H10N2O2S/c1-13(12-8(10)11)7-4-2-6(9)3-5-7/h2-5H,9H2,1H3,(H-,10,11)/p+1. The average molecular weight is 199 g/mol. The molecule has 1 aromatic carbocycles. The van der Waals surface area contributed by atoms with Crippen LogP contribution in [0.4, 0.5) is 10.5 Å². The predicted octanol–water partition coefficient (Wildman–Crippen LogP) is 0.886. The molecule has 0 bridgehead atoms. The summed E-state index contributed by atoms with van der Waals surface area (Å²) in [6.45, 7) is 0. The Balaban J connectivity index is 2.71. The van der Waals surface area contributed by atoms with E-state index >= 15 is 0 Å². The van der Waals surface area contributed by atoms with E-state index in [1.54, 1.807) is 30.5 Å². The zero-order valence-corrected chi connectivity index (χ0v) is 8.01. The minimum atomic E-state index is -0.761. The SMILES string of the molecule is C[S+](OC(N)=O)c1ccc(N)cc1. The number of carbonyl (C=O) groups excluding carboxylic acids is 1. The Morgan fingerprint density at radius 3 is 2.38 bits per heavy atom. The maximum absolute atomic E-state index is 10.4. The van der Waals surface area contributed by atoms with Crippen LogP contribution in [0.5, 0.6) is 0 Å². The molecule has 0 aromatic heterocycles. The second kappa shape index (κ2) is 4.04. The highest BCUT2D eigenvalue weighted by Crippen LogP contribution is 2.14. The van der Waals surface area contributed by atoms with Crippen molar-refractivity contribution in [1.29, 1.82) is 0 Å². The minimum absolute atomic E-state index is 0.602. The fourth-order valence-corrected chi connectivity index (χ4v) is 1.69. The minimum Gasteiger partial charge on any atom is -0.399 e. The number of hydrogen-bond donors (Lipinski definition) is 2. The second-order valence-electron chi connectivity index (χ2n) is 2.43. The van der Waals surface area contributed by atoms with Gasteiger partial charge in [-0.1, -0.05) is 0 Å². The number of benzene rings is 1. The topological polar surface area (TPSA) is 78.3 Å². The molecule has 0 saturated carbocycles. The largest absolute Gasteiger partial charge is 0.457 e. The first kappa shape index (κ1) is 9.73. The van der Waals surface area contributed by atoms with Gasteiger partial charge in [-0.05, 0) is 24.3 Å². The number of primary amides is 1. The molecule has 0 spiro atoms. The van der Waals surface area contributed by atoms with Gasteiger partial charge in [0.2, 0.25) is 16.1 Å². The van der Waals surface area contributed by atoms with Crippen molar-refractivity contribution in [3.05, 3.63) is 24.3 Å². The molecule has 1 unspecified atom stereocenters. The van der Waals surface area contributed by atoms with Crippen molar-refractivity contribution < 1.29 is 8.98 Å². The fourth-order valence-electron chi connectivity index (χ4n) is 0.831. The van der Waals surface area contributed by atoms with E-state index in [1.165, 1.54) is 0 Å². The summed E-state index contributed by atoms with van der Waals surface area (Å²) in [4.78, 5) is 11.3. The normalized spacial score (nSPS) is 12.1. The van der Waals surface area contributed by atoms with Crippen molar-refractivity contribution in [3.63, 3.8) is 0 Å². The number of rotatable bonds is 2. The quantitative estimate of drug-likeness (QED) is 0.548. The molecule has 70 valence electrons. The second-order valence-corrected chi connectivity index (χ2v) is 3.97. The van der Waals surface area contributed by atoms with Crippen LogP contribution in [0.3, 0.4) is 0 Å². The van der Waals surface area contributed by atoms with Crippen molar-refractivity contribution in [1.82, 2.24) is 0 Å². The molecule has 4 N–H and O–H groups in total. The highest BCUT2D eigenvalue weighted by atomic mass is 32.2. The first-order valence-electron chi connectivity index (χ1n) is 3.59. The lowest BCUT2D eigenvalue weighted by molar-refractivity contribution is 0.217. The maximum Gasteiger partial charge on any atom is 0.457 e. The van der Waals surface area contributed by atoms with Gasteiger partial charge in [0, 0.05) is 5.69 Å². The van der Waals surface area contributed by atoms with Crippen molar-refractivity contribution in [3.8, 4) is 0 Å². The van der Waals surface area contributed by atoms with Gasteiger partial charge in [0.1, 0.15) is 6.26 Å². The summed E-state index contributed by atoms with van der Waals surface area (Å²) in [5.74, 6) is 0. The molecule has 5 heteroatoms. The van der Waals surface area contributed by atoms with Crippen LogP contribution in [0.2, 0.25) is 0 Å². The smallest absolute Gasteiger partial charge is 0.399 e. The number of nitrogens with two attached hydrogens (primary N) is 2. The van der Waals surface area contributed by atoms with Crippen LogP contribution in [0, 0.1) is 0 Å². The molecule has 0 aliphatic heterocycles. The summed E-state index contributed by atoms with van der Waals surface area (Å²) < 4.78 is 4.80. The number of nitrogen functional groups attached to an aromatic ring is 1. The molecular weight excluding hydrogens is 188 g/mol. The third kappa shape index (κ3) is 2.87. The monoisotopic (exact) mass is 199 g/mol. The molecule has 1 amide bonds. The highest BCUT2D eigenvalue weighted by Gasteiger charge is 2.20. The fraction of sp³-hybridized carbons (Fsp3) is 0.125. The molecule has 4 nitrogen and oxygen atoms in total. The summed E-state index contributed by atoms with van der Waals surface area (Å²) in [5, 5.41) is 0. The molecule has 0 heterocycles. The molecule has 0 radical (unpaired) electrons. The van der Waals surface area contributed by atoms with E-state index in [1.807, 2.05) is 0 Å². The van der Waals surface area contributed by atoms with E-state index < -0.39 is 17.3 Å². The lowest BCUT2D eigenvalue weighted by atomic mass is 10.3. The molecule has 0 saturated heterocycles. The molecule has 1 aromatic rings. The Morgan fingerprint density at radius 2 is 1.92 bits per heavy atom. The number of carbonyl (C=O) groups is 1. The Labute approximate surface area is 79.4 Å². The number of anilines is 1. The summed E-state index contributed by atoms with van der Waals surface area (Å²) >= 11 is -0.602. The molecule has 1 rings (SSSR count). The van der Waals surface area contributed by atoms with E-state index in [0.717, 1.165) is 4.90 Å². The van der Waals surface area contributed by atoms with Crippen LogP contribution in [0.15, 0.2) is 29.2 Å². The summed E-state index contributed by atoms with van der Waals surface area (Å²) in [6, 6.07) is 7.12. The number of amides is 1. The lowest BCUT2D eigenvalue weighted by Gasteiger charge is -1.98. The Kier molecular flexibility index (Phi) is 3.02. The first-order valence-corrected chi connectivity index (χ1v) is 5.14. The van der Waals surface area contributed by atoms with Gasteiger partial charge in [-0.15, -0.1) is 0 Å². The van der Waals surface area contributed by atoms with Crippen LogP contribution >= 0.6 is 0 Å². The Hall–Kier alpha value is -1.36. The summed E-state index contributed by atoms with van der Waals surface area (Å²) in [6.07, 6.45) is 1.01. The van der Waals surface area contributed by atoms with Gasteiger partial charge in [0.05, 0.1) is 0 Å². The van der Waals surface area contributed by atoms with Crippen LogP contribution < -0.4 is 11.5 Å². The van der Waals surface area contributed by atoms with Gasteiger partial charge in [-0.3, -0.25) is 0 Å². The summed E-state index contributed by atoms with van der Waals surface area (Å²) in [5.41, 5.74) is 11.1. The molecule has 1 atom stereocenters. The van der Waals surface area contributed by atoms with Gasteiger partial charge in [-0.25, -0.2) is 8.98 Å². The zero-order chi connectivity index (χ0) is 9.84. The van der Waals surface area contributed by atoms with Gasteiger partial charge in [-0.2, -0.15) is 0 Å². The molecule has 0 aliphatic rings. The zero-order valence-electron chi connectivity index (χ0n) is 7.19. The first-order chi connectivity index (χ1) is 6.09. The third-order valence-electron chi connectivity index (χ3n) is 1.42. The maximum atomic E-state index is 10.4. The van der Waals surface area contributed by atoms with Crippen molar-refractivity contribution in [2.75, 3.05) is 12.0 Å².